The summed E-state index contributed by atoms with van der Waals surface area (Å²) in [4.78, 5) is 13.1. The van der Waals surface area contributed by atoms with Crippen molar-refractivity contribution in [2.45, 2.75) is 25.6 Å². The number of halogens is 1. The van der Waals surface area contributed by atoms with Gasteiger partial charge in [0.2, 0.25) is 5.95 Å². The Morgan fingerprint density at radius 3 is 3.08 bits per heavy atom. The first kappa shape index (κ1) is 16.6. The van der Waals surface area contributed by atoms with E-state index in [2.05, 4.69) is 30.7 Å². The number of hydrogen-bond donors (Lipinski definition) is 2. The maximum absolute atomic E-state index is 14.0. The smallest absolute Gasteiger partial charge is 0.223 e. The number of ether oxygens (including phenoxy) is 1. The normalized spacial score (nSPS) is 20.3. The Labute approximate surface area is 149 Å². The Bertz CT molecular complexity index is 929. The van der Waals surface area contributed by atoms with Crippen molar-refractivity contribution < 1.29 is 9.13 Å². The van der Waals surface area contributed by atoms with Crippen molar-refractivity contribution in [1.29, 1.82) is 0 Å². The third-order valence-corrected chi connectivity index (χ3v) is 4.48. The molecule has 1 aliphatic rings. The number of aromatic nitrogens is 5. The van der Waals surface area contributed by atoms with Crippen molar-refractivity contribution in [3.8, 4) is 17.1 Å². The standard InChI is InChI=1S/C17H20FN7O/c1-10-15(26-2)7-16-21-9-14(25(16)24-10)12-4-6-20-17(22-12)23-13-8-19-5-3-11(13)18/h4,6-7,9,11,13,19H,3,5,8H2,1-2H3,(H,20,22,23)/t11-,13-/m0/s1. The van der Waals surface area contributed by atoms with Gasteiger partial charge in [0, 0.05) is 18.8 Å². The number of nitrogens with one attached hydrogen (secondary N) is 2. The van der Waals surface area contributed by atoms with Crippen LogP contribution in [0.15, 0.2) is 24.5 Å². The second kappa shape index (κ2) is 6.83. The highest BCUT2D eigenvalue weighted by molar-refractivity contribution is 5.61. The molecular formula is C17H20FN7O. The van der Waals surface area contributed by atoms with Gasteiger partial charge in [0.1, 0.15) is 23.3 Å². The van der Waals surface area contributed by atoms with Crippen LogP contribution in [-0.4, -0.2) is 57.0 Å². The lowest BCUT2D eigenvalue weighted by molar-refractivity contribution is 0.240. The molecule has 2 N–H and O–H groups in total. The van der Waals surface area contributed by atoms with Gasteiger partial charge >= 0.3 is 0 Å². The fraction of sp³-hybridized carbons (Fsp3) is 0.412. The Kier molecular flexibility index (Phi) is 4.37. The predicted molar refractivity (Wildman–Crippen MR) is 95.1 cm³/mol. The molecule has 2 atom stereocenters. The van der Waals surface area contributed by atoms with Crippen LogP contribution in [0.4, 0.5) is 10.3 Å². The number of fused-ring (bicyclic) bond motifs is 1. The topological polar surface area (TPSA) is 89.3 Å². The average molecular weight is 357 g/mol. The van der Waals surface area contributed by atoms with Crippen LogP contribution in [-0.2, 0) is 0 Å². The molecule has 0 bridgehead atoms. The van der Waals surface area contributed by atoms with Crippen molar-refractivity contribution in [2.75, 3.05) is 25.5 Å². The molecule has 0 unspecified atom stereocenters. The summed E-state index contributed by atoms with van der Waals surface area (Å²) in [5.74, 6) is 1.07. The minimum absolute atomic E-state index is 0.342. The summed E-state index contributed by atoms with van der Waals surface area (Å²) >= 11 is 0. The van der Waals surface area contributed by atoms with E-state index in [-0.39, 0.29) is 6.04 Å². The molecule has 26 heavy (non-hydrogen) atoms. The molecule has 0 aromatic carbocycles. The molecule has 0 aliphatic carbocycles. The van der Waals surface area contributed by atoms with Crippen molar-refractivity contribution in [3.63, 3.8) is 0 Å². The summed E-state index contributed by atoms with van der Waals surface area (Å²) in [7, 11) is 1.60. The summed E-state index contributed by atoms with van der Waals surface area (Å²) in [6.45, 7) is 3.11. The van der Waals surface area contributed by atoms with E-state index in [9.17, 15) is 4.39 Å². The zero-order valence-corrected chi connectivity index (χ0v) is 14.6. The van der Waals surface area contributed by atoms with Gasteiger partial charge < -0.3 is 15.4 Å². The highest BCUT2D eigenvalue weighted by Crippen LogP contribution is 2.23. The summed E-state index contributed by atoms with van der Waals surface area (Å²) in [5.41, 5.74) is 2.80. The molecule has 9 heteroatoms. The van der Waals surface area contributed by atoms with Crippen molar-refractivity contribution >= 4 is 11.6 Å². The van der Waals surface area contributed by atoms with Crippen molar-refractivity contribution in [2.24, 2.45) is 0 Å². The number of alkyl halides is 1. The zero-order valence-electron chi connectivity index (χ0n) is 14.6. The number of rotatable bonds is 4. The monoisotopic (exact) mass is 357 g/mol. The van der Waals surface area contributed by atoms with Crippen LogP contribution in [0.3, 0.4) is 0 Å². The van der Waals surface area contributed by atoms with Crippen LogP contribution in [0.2, 0.25) is 0 Å². The van der Waals surface area contributed by atoms with Gasteiger partial charge in [-0.15, -0.1) is 0 Å². The quantitative estimate of drug-likeness (QED) is 0.733. The van der Waals surface area contributed by atoms with E-state index >= 15 is 0 Å². The summed E-state index contributed by atoms with van der Waals surface area (Å²) in [6.07, 6.45) is 2.91. The minimum atomic E-state index is -0.920. The SMILES string of the molecule is COc1cc2ncc(-c3ccnc(N[C@H]4CNCC[C@@H]4F)n3)n2nc1C. The number of imidazole rings is 1. The van der Waals surface area contributed by atoms with E-state index in [1.54, 1.807) is 30.1 Å². The number of aryl methyl sites for hydroxylation is 1. The van der Waals surface area contributed by atoms with Gasteiger partial charge in [-0.3, -0.25) is 0 Å². The maximum atomic E-state index is 14.0. The minimum Gasteiger partial charge on any atom is -0.495 e. The lowest BCUT2D eigenvalue weighted by atomic mass is 10.1. The molecule has 0 amide bonds. The average Bonchev–Trinajstić information content (AvgIpc) is 3.06. The first-order valence-corrected chi connectivity index (χ1v) is 8.50. The fourth-order valence-corrected chi connectivity index (χ4v) is 3.07. The largest absolute Gasteiger partial charge is 0.495 e. The van der Waals surface area contributed by atoms with Crippen LogP contribution >= 0.6 is 0 Å². The van der Waals surface area contributed by atoms with Crippen molar-refractivity contribution in [1.82, 2.24) is 29.9 Å². The molecule has 0 saturated carbocycles. The van der Waals surface area contributed by atoms with E-state index in [0.29, 0.717) is 42.5 Å². The van der Waals surface area contributed by atoms with Gasteiger partial charge in [0.05, 0.1) is 25.0 Å². The molecule has 0 radical (unpaired) electrons. The second-order valence-corrected chi connectivity index (χ2v) is 6.24. The fourth-order valence-electron chi connectivity index (χ4n) is 3.07. The van der Waals surface area contributed by atoms with E-state index in [0.717, 1.165) is 11.4 Å². The number of anilines is 1. The summed E-state index contributed by atoms with van der Waals surface area (Å²) in [5, 5.41) is 10.8. The Morgan fingerprint density at radius 2 is 2.27 bits per heavy atom. The van der Waals surface area contributed by atoms with E-state index in [4.69, 9.17) is 4.74 Å². The first-order chi connectivity index (χ1) is 12.7. The van der Waals surface area contributed by atoms with Gasteiger partial charge in [0.15, 0.2) is 5.65 Å². The third kappa shape index (κ3) is 3.05. The summed E-state index contributed by atoms with van der Waals surface area (Å²) < 4.78 is 21.0. The Morgan fingerprint density at radius 1 is 1.38 bits per heavy atom. The molecule has 1 aliphatic heterocycles. The Hall–Kier alpha value is -2.81. The lowest BCUT2D eigenvalue weighted by Crippen LogP contribution is -2.46. The van der Waals surface area contributed by atoms with Gasteiger partial charge in [-0.2, -0.15) is 5.10 Å². The predicted octanol–water partition coefficient (Wildman–Crippen LogP) is 1.62. The van der Waals surface area contributed by atoms with Crippen LogP contribution in [0.25, 0.3) is 17.0 Å². The van der Waals surface area contributed by atoms with Crippen LogP contribution in [0.1, 0.15) is 12.1 Å². The highest BCUT2D eigenvalue weighted by atomic mass is 19.1. The van der Waals surface area contributed by atoms with E-state index in [1.807, 2.05) is 13.0 Å². The number of methoxy groups -OCH3 is 1. The molecule has 1 fully saturated rings. The molecule has 3 aromatic rings. The molecular weight excluding hydrogens is 337 g/mol. The van der Waals surface area contributed by atoms with Crippen LogP contribution < -0.4 is 15.4 Å². The molecule has 0 spiro atoms. The van der Waals surface area contributed by atoms with Gasteiger partial charge in [-0.05, 0) is 26.0 Å². The second-order valence-electron chi connectivity index (χ2n) is 6.24. The van der Waals surface area contributed by atoms with Gasteiger partial charge in [-0.25, -0.2) is 23.9 Å². The zero-order chi connectivity index (χ0) is 18.1. The number of nitrogens with zero attached hydrogens (tertiary/aromatic N) is 5. The van der Waals surface area contributed by atoms with Crippen LogP contribution in [0.5, 0.6) is 5.75 Å². The number of hydrogen-bond acceptors (Lipinski definition) is 7. The molecule has 136 valence electrons. The maximum Gasteiger partial charge on any atom is 0.223 e. The lowest BCUT2D eigenvalue weighted by Gasteiger charge is -2.27. The third-order valence-electron chi connectivity index (χ3n) is 4.48. The van der Waals surface area contributed by atoms with Gasteiger partial charge in [0.25, 0.3) is 0 Å². The first-order valence-electron chi connectivity index (χ1n) is 8.50. The highest BCUT2D eigenvalue weighted by Gasteiger charge is 2.25. The number of piperidine rings is 1. The summed E-state index contributed by atoms with van der Waals surface area (Å²) in [6, 6.07) is 3.26. The molecule has 3 aromatic heterocycles. The molecule has 1 saturated heterocycles. The van der Waals surface area contributed by atoms with Crippen molar-refractivity contribution in [3.05, 3.63) is 30.2 Å². The van der Waals surface area contributed by atoms with E-state index in [1.165, 1.54) is 0 Å². The van der Waals surface area contributed by atoms with E-state index < -0.39 is 6.17 Å². The van der Waals surface area contributed by atoms with Crippen LogP contribution in [0, 0.1) is 6.92 Å². The van der Waals surface area contributed by atoms with Gasteiger partial charge in [-0.1, -0.05) is 0 Å². The Balaban J connectivity index is 1.66. The molecule has 4 heterocycles. The molecule has 4 rings (SSSR count). The molecule has 8 nitrogen and oxygen atoms in total.